The third kappa shape index (κ3) is 2.11. The standard InChI is InChI=1S/C18H12BrFN2O/c1-23-11-7-8-12-13-4-2-5-14(19)17(13)22(16(12)10-11)18-15(20)6-3-9-21-18/h2-10H,1H3. The SMILES string of the molecule is COc1ccc2c3cccc(Br)c3n(-c3ncccc3F)c2c1. The van der Waals surface area contributed by atoms with Crippen molar-refractivity contribution in [3.8, 4) is 11.6 Å². The number of hydrogen-bond acceptors (Lipinski definition) is 2. The van der Waals surface area contributed by atoms with Gasteiger partial charge in [0.2, 0.25) is 0 Å². The Morgan fingerprint density at radius 1 is 1.09 bits per heavy atom. The maximum Gasteiger partial charge on any atom is 0.174 e. The monoisotopic (exact) mass is 370 g/mol. The van der Waals surface area contributed by atoms with Gasteiger partial charge in [-0.1, -0.05) is 12.1 Å². The van der Waals surface area contributed by atoms with E-state index in [1.807, 2.05) is 41.0 Å². The van der Waals surface area contributed by atoms with Gasteiger partial charge in [0.25, 0.3) is 0 Å². The minimum atomic E-state index is -0.370. The van der Waals surface area contributed by atoms with Crippen LogP contribution in [-0.2, 0) is 0 Å². The van der Waals surface area contributed by atoms with Crippen LogP contribution in [0.15, 0.2) is 59.2 Å². The number of ether oxygens (including phenoxy) is 1. The van der Waals surface area contributed by atoms with E-state index in [4.69, 9.17) is 4.74 Å². The summed E-state index contributed by atoms with van der Waals surface area (Å²) in [5.74, 6) is 0.617. The molecule has 5 heteroatoms. The van der Waals surface area contributed by atoms with Gasteiger partial charge in [0.1, 0.15) is 5.75 Å². The molecule has 0 saturated carbocycles. The van der Waals surface area contributed by atoms with E-state index in [1.54, 1.807) is 19.4 Å². The van der Waals surface area contributed by atoms with Crippen LogP contribution in [0.5, 0.6) is 5.75 Å². The number of benzene rings is 2. The van der Waals surface area contributed by atoms with E-state index in [2.05, 4.69) is 20.9 Å². The summed E-state index contributed by atoms with van der Waals surface area (Å²) in [6.45, 7) is 0. The average Bonchev–Trinajstić information content (AvgIpc) is 2.90. The van der Waals surface area contributed by atoms with Gasteiger partial charge in [-0.3, -0.25) is 4.57 Å². The number of aromatic nitrogens is 2. The molecule has 0 bridgehead atoms. The fraction of sp³-hybridized carbons (Fsp3) is 0.0556. The molecule has 114 valence electrons. The van der Waals surface area contributed by atoms with Crippen LogP contribution in [0, 0.1) is 5.82 Å². The quantitative estimate of drug-likeness (QED) is 0.491. The summed E-state index contributed by atoms with van der Waals surface area (Å²) >= 11 is 3.58. The summed E-state index contributed by atoms with van der Waals surface area (Å²) in [6.07, 6.45) is 1.59. The molecule has 0 atom stereocenters. The number of halogens is 2. The normalized spacial score (nSPS) is 11.3. The van der Waals surface area contributed by atoms with Gasteiger partial charge in [-0.15, -0.1) is 0 Å². The van der Waals surface area contributed by atoms with Crippen molar-refractivity contribution in [3.63, 3.8) is 0 Å². The predicted molar refractivity (Wildman–Crippen MR) is 92.8 cm³/mol. The highest BCUT2D eigenvalue weighted by Gasteiger charge is 2.18. The van der Waals surface area contributed by atoms with Gasteiger partial charge in [0.15, 0.2) is 11.6 Å². The highest BCUT2D eigenvalue weighted by molar-refractivity contribution is 9.10. The summed E-state index contributed by atoms with van der Waals surface area (Å²) in [4.78, 5) is 4.24. The van der Waals surface area contributed by atoms with Gasteiger partial charge >= 0.3 is 0 Å². The van der Waals surface area contributed by atoms with Crippen LogP contribution in [0.1, 0.15) is 0 Å². The first-order valence-corrected chi connectivity index (χ1v) is 7.87. The van der Waals surface area contributed by atoms with E-state index >= 15 is 0 Å². The molecule has 0 unspecified atom stereocenters. The van der Waals surface area contributed by atoms with Crippen LogP contribution in [0.4, 0.5) is 4.39 Å². The van der Waals surface area contributed by atoms with Gasteiger partial charge in [0.05, 0.1) is 18.1 Å². The predicted octanol–water partition coefficient (Wildman–Crippen LogP) is 5.09. The highest BCUT2D eigenvalue weighted by atomic mass is 79.9. The van der Waals surface area contributed by atoms with Gasteiger partial charge in [0, 0.05) is 27.5 Å². The Morgan fingerprint density at radius 3 is 2.74 bits per heavy atom. The summed E-state index contributed by atoms with van der Waals surface area (Å²) < 4.78 is 22.4. The Morgan fingerprint density at radius 2 is 1.96 bits per heavy atom. The molecule has 0 spiro atoms. The first-order valence-electron chi connectivity index (χ1n) is 7.08. The van der Waals surface area contributed by atoms with Gasteiger partial charge < -0.3 is 4.74 Å². The molecule has 4 rings (SSSR count). The second-order valence-corrected chi connectivity index (χ2v) is 6.02. The molecule has 0 N–H and O–H groups in total. The molecule has 2 aromatic heterocycles. The molecule has 2 heterocycles. The maximum atomic E-state index is 14.4. The van der Waals surface area contributed by atoms with Crippen LogP contribution in [0.25, 0.3) is 27.6 Å². The average molecular weight is 371 g/mol. The van der Waals surface area contributed by atoms with E-state index in [9.17, 15) is 4.39 Å². The zero-order valence-electron chi connectivity index (χ0n) is 12.3. The topological polar surface area (TPSA) is 27.1 Å². The Hall–Kier alpha value is -2.40. The molecule has 2 aromatic carbocycles. The van der Waals surface area contributed by atoms with Crippen LogP contribution >= 0.6 is 15.9 Å². The third-order valence-electron chi connectivity index (χ3n) is 3.90. The lowest BCUT2D eigenvalue weighted by Crippen LogP contribution is -2.01. The van der Waals surface area contributed by atoms with Crippen molar-refractivity contribution in [2.24, 2.45) is 0 Å². The van der Waals surface area contributed by atoms with Crippen molar-refractivity contribution in [1.29, 1.82) is 0 Å². The van der Waals surface area contributed by atoms with E-state index in [-0.39, 0.29) is 11.6 Å². The number of para-hydroxylation sites is 1. The van der Waals surface area contributed by atoms with E-state index in [1.165, 1.54) is 6.07 Å². The van der Waals surface area contributed by atoms with Crippen LogP contribution in [0.3, 0.4) is 0 Å². The van der Waals surface area contributed by atoms with Gasteiger partial charge in [-0.25, -0.2) is 9.37 Å². The second-order valence-electron chi connectivity index (χ2n) is 5.16. The molecule has 0 saturated heterocycles. The molecular formula is C18H12BrFN2O. The molecular weight excluding hydrogens is 359 g/mol. The van der Waals surface area contributed by atoms with Crippen molar-refractivity contribution in [2.45, 2.75) is 0 Å². The molecule has 0 aliphatic rings. The summed E-state index contributed by atoms with van der Waals surface area (Å²) in [6, 6.07) is 14.7. The number of rotatable bonds is 2. The van der Waals surface area contributed by atoms with Gasteiger partial charge in [-0.05, 0) is 46.3 Å². The number of pyridine rings is 1. The lowest BCUT2D eigenvalue weighted by atomic mass is 10.1. The molecule has 4 aromatic rings. The number of fused-ring (bicyclic) bond motifs is 3. The Bertz CT molecular complexity index is 1040. The largest absolute Gasteiger partial charge is 0.497 e. The first-order chi connectivity index (χ1) is 11.2. The van der Waals surface area contributed by atoms with Crippen molar-refractivity contribution >= 4 is 37.7 Å². The molecule has 23 heavy (non-hydrogen) atoms. The molecule has 0 fully saturated rings. The van der Waals surface area contributed by atoms with Crippen LogP contribution in [0.2, 0.25) is 0 Å². The van der Waals surface area contributed by atoms with E-state index in [0.717, 1.165) is 26.3 Å². The lowest BCUT2D eigenvalue weighted by Gasteiger charge is -2.09. The van der Waals surface area contributed by atoms with Crippen molar-refractivity contribution in [3.05, 3.63) is 65.0 Å². The van der Waals surface area contributed by atoms with Gasteiger partial charge in [-0.2, -0.15) is 0 Å². The fourth-order valence-electron chi connectivity index (χ4n) is 2.89. The number of methoxy groups -OCH3 is 1. The molecule has 0 radical (unpaired) electrons. The summed E-state index contributed by atoms with van der Waals surface area (Å²) in [5, 5.41) is 2.05. The molecule has 0 amide bonds. The zero-order chi connectivity index (χ0) is 16.0. The highest BCUT2D eigenvalue weighted by Crippen LogP contribution is 2.37. The number of nitrogens with zero attached hydrogens (tertiary/aromatic N) is 2. The summed E-state index contributed by atoms with van der Waals surface area (Å²) in [7, 11) is 1.62. The maximum absolute atomic E-state index is 14.4. The van der Waals surface area contributed by atoms with Crippen molar-refractivity contribution in [1.82, 2.24) is 9.55 Å². The molecule has 3 nitrogen and oxygen atoms in total. The third-order valence-corrected chi connectivity index (χ3v) is 4.54. The number of hydrogen-bond donors (Lipinski definition) is 0. The second kappa shape index (κ2) is 5.35. The van der Waals surface area contributed by atoms with Crippen molar-refractivity contribution < 1.29 is 9.13 Å². The minimum absolute atomic E-state index is 0.271. The lowest BCUT2D eigenvalue weighted by molar-refractivity contribution is 0.415. The Kier molecular flexibility index (Phi) is 3.31. The Labute approximate surface area is 140 Å². The molecule has 0 aliphatic heterocycles. The van der Waals surface area contributed by atoms with Crippen LogP contribution in [-0.4, -0.2) is 16.7 Å². The van der Waals surface area contributed by atoms with Crippen LogP contribution < -0.4 is 4.74 Å². The van der Waals surface area contributed by atoms with E-state index < -0.39 is 0 Å². The smallest absolute Gasteiger partial charge is 0.174 e. The fourth-order valence-corrected chi connectivity index (χ4v) is 3.44. The Balaban J connectivity index is 2.24. The minimum Gasteiger partial charge on any atom is -0.497 e. The molecule has 0 aliphatic carbocycles. The van der Waals surface area contributed by atoms with Crippen molar-refractivity contribution in [2.75, 3.05) is 7.11 Å². The van der Waals surface area contributed by atoms with E-state index in [0.29, 0.717) is 5.75 Å². The first kappa shape index (κ1) is 14.2. The zero-order valence-corrected chi connectivity index (χ0v) is 13.8. The summed E-state index contributed by atoms with van der Waals surface area (Å²) in [5.41, 5.74) is 1.73.